The Morgan fingerprint density at radius 1 is 1.33 bits per heavy atom. The van der Waals surface area contributed by atoms with E-state index in [1.54, 1.807) is 0 Å². The Bertz CT molecular complexity index is 382. The van der Waals surface area contributed by atoms with Gasteiger partial charge in [0, 0.05) is 12.6 Å². The molecule has 1 amide bonds. The molecule has 0 aromatic heterocycles. The molecule has 0 aliphatic carbocycles. The Morgan fingerprint density at radius 3 is 2.60 bits per heavy atom. The van der Waals surface area contributed by atoms with Crippen molar-refractivity contribution in [2.45, 2.75) is 20.4 Å². The van der Waals surface area contributed by atoms with Gasteiger partial charge in [-0.15, -0.1) is 5.73 Å². The molecule has 2 heteroatoms. The van der Waals surface area contributed by atoms with E-state index >= 15 is 0 Å². The monoisotopic (exact) mass is 201 g/mol. The largest absolute Gasteiger partial charge is 0.348 e. The minimum atomic E-state index is -0.111. The fraction of sp³-hybridized carbons (Fsp3) is 0.231. The van der Waals surface area contributed by atoms with Crippen LogP contribution in [0.25, 0.3) is 0 Å². The molecule has 0 unspecified atom stereocenters. The summed E-state index contributed by atoms with van der Waals surface area (Å²) in [5, 5.41) is 2.78. The van der Waals surface area contributed by atoms with Gasteiger partial charge < -0.3 is 5.32 Å². The summed E-state index contributed by atoms with van der Waals surface area (Å²) in [6.45, 7) is 4.36. The van der Waals surface area contributed by atoms with Crippen LogP contribution in [0.3, 0.4) is 0 Å². The van der Waals surface area contributed by atoms with Gasteiger partial charge in [-0.1, -0.05) is 30.3 Å². The van der Waals surface area contributed by atoms with Crippen molar-refractivity contribution < 1.29 is 4.79 Å². The van der Waals surface area contributed by atoms with Crippen LogP contribution < -0.4 is 5.32 Å². The molecule has 0 saturated carbocycles. The Balaban J connectivity index is 2.45. The maximum absolute atomic E-state index is 11.3. The second kappa shape index (κ2) is 5.84. The molecule has 0 fully saturated rings. The highest BCUT2D eigenvalue weighted by Crippen LogP contribution is 1.96. The second-order valence-corrected chi connectivity index (χ2v) is 3.49. The van der Waals surface area contributed by atoms with Gasteiger partial charge >= 0.3 is 0 Å². The molecule has 78 valence electrons. The Hall–Kier alpha value is -1.79. The quantitative estimate of drug-likeness (QED) is 0.590. The minimum Gasteiger partial charge on any atom is -0.348 e. The lowest BCUT2D eigenvalue weighted by Gasteiger charge is -2.00. The predicted octanol–water partition coefficient (Wildman–Crippen LogP) is 2.42. The lowest BCUT2D eigenvalue weighted by Crippen LogP contribution is -2.19. The zero-order valence-electron chi connectivity index (χ0n) is 9.08. The van der Waals surface area contributed by atoms with Crippen LogP contribution in [-0.2, 0) is 11.3 Å². The molecule has 0 atom stereocenters. The summed E-state index contributed by atoms with van der Waals surface area (Å²) in [6, 6.07) is 9.81. The third-order valence-corrected chi connectivity index (χ3v) is 1.80. The van der Waals surface area contributed by atoms with E-state index in [-0.39, 0.29) is 5.91 Å². The lowest BCUT2D eigenvalue weighted by atomic mass is 10.2. The zero-order chi connectivity index (χ0) is 11.1. The third-order valence-electron chi connectivity index (χ3n) is 1.80. The van der Waals surface area contributed by atoms with E-state index < -0.39 is 0 Å². The number of amides is 1. The second-order valence-electron chi connectivity index (χ2n) is 3.49. The first-order chi connectivity index (χ1) is 7.18. The van der Waals surface area contributed by atoms with Crippen molar-refractivity contribution >= 4 is 5.91 Å². The number of rotatable bonds is 3. The number of carbonyl (C=O) groups is 1. The average molecular weight is 201 g/mol. The first-order valence-corrected chi connectivity index (χ1v) is 4.90. The highest BCUT2D eigenvalue weighted by Gasteiger charge is 1.94. The SMILES string of the molecule is CC(C)=C=CC(=O)NCc1ccccc1. The molecule has 0 bridgehead atoms. The first kappa shape index (κ1) is 11.3. The minimum absolute atomic E-state index is 0.111. The predicted molar refractivity (Wildman–Crippen MR) is 61.2 cm³/mol. The fourth-order valence-electron chi connectivity index (χ4n) is 1.05. The number of hydrogen-bond donors (Lipinski definition) is 1. The van der Waals surface area contributed by atoms with Gasteiger partial charge in [-0.25, -0.2) is 0 Å². The van der Waals surface area contributed by atoms with Gasteiger partial charge in [-0.3, -0.25) is 4.79 Å². The molecule has 1 rings (SSSR count). The number of carbonyl (C=O) groups excluding carboxylic acids is 1. The van der Waals surface area contributed by atoms with Crippen LogP contribution in [0.4, 0.5) is 0 Å². The molecule has 0 spiro atoms. The summed E-state index contributed by atoms with van der Waals surface area (Å²) >= 11 is 0. The molecule has 1 aromatic carbocycles. The van der Waals surface area contributed by atoms with E-state index in [9.17, 15) is 4.79 Å². The van der Waals surface area contributed by atoms with Crippen molar-refractivity contribution in [1.29, 1.82) is 0 Å². The van der Waals surface area contributed by atoms with Crippen LogP contribution in [0.15, 0.2) is 47.7 Å². The highest BCUT2D eigenvalue weighted by atomic mass is 16.1. The first-order valence-electron chi connectivity index (χ1n) is 4.90. The zero-order valence-corrected chi connectivity index (χ0v) is 9.08. The smallest absolute Gasteiger partial charge is 0.252 e. The van der Waals surface area contributed by atoms with E-state index in [0.717, 1.165) is 11.1 Å². The Morgan fingerprint density at radius 2 is 2.00 bits per heavy atom. The molecule has 1 aromatic rings. The van der Waals surface area contributed by atoms with Gasteiger partial charge in [0.1, 0.15) is 0 Å². The molecule has 1 N–H and O–H groups in total. The topological polar surface area (TPSA) is 29.1 Å². The number of hydrogen-bond acceptors (Lipinski definition) is 1. The number of benzene rings is 1. The molecular formula is C13H15NO. The third kappa shape index (κ3) is 4.84. The Labute approximate surface area is 90.3 Å². The van der Waals surface area contributed by atoms with Crippen molar-refractivity contribution in [3.05, 3.63) is 53.3 Å². The molecule has 0 heterocycles. The molecule has 0 aliphatic heterocycles. The van der Waals surface area contributed by atoms with E-state index in [1.165, 1.54) is 6.08 Å². The molecule has 15 heavy (non-hydrogen) atoms. The average Bonchev–Trinajstić information content (AvgIpc) is 2.25. The summed E-state index contributed by atoms with van der Waals surface area (Å²) in [5.41, 5.74) is 4.95. The van der Waals surface area contributed by atoms with Crippen LogP contribution in [0.2, 0.25) is 0 Å². The maximum Gasteiger partial charge on any atom is 0.252 e. The van der Waals surface area contributed by atoms with Crippen LogP contribution in [0.5, 0.6) is 0 Å². The molecule has 0 aliphatic rings. The van der Waals surface area contributed by atoms with Gasteiger partial charge in [0.25, 0.3) is 5.91 Å². The molecular weight excluding hydrogens is 186 g/mol. The van der Waals surface area contributed by atoms with Gasteiger partial charge in [0.05, 0.1) is 0 Å². The van der Waals surface area contributed by atoms with Crippen molar-refractivity contribution in [3.8, 4) is 0 Å². The van der Waals surface area contributed by atoms with Crippen molar-refractivity contribution in [2.75, 3.05) is 0 Å². The normalized spacial score (nSPS) is 8.93. The summed E-state index contributed by atoms with van der Waals surface area (Å²) in [6.07, 6.45) is 1.43. The van der Waals surface area contributed by atoms with Crippen molar-refractivity contribution in [3.63, 3.8) is 0 Å². The highest BCUT2D eigenvalue weighted by molar-refractivity contribution is 5.87. The van der Waals surface area contributed by atoms with Gasteiger partial charge in [0.2, 0.25) is 0 Å². The summed E-state index contributed by atoms with van der Waals surface area (Å²) < 4.78 is 0. The van der Waals surface area contributed by atoms with Gasteiger partial charge in [0.15, 0.2) is 0 Å². The van der Waals surface area contributed by atoms with Crippen LogP contribution >= 0.6 is 0 Å². The van der Waals surface area contributed by atoms with E-state index in [0.29, 0.717) is 6.54 Å². The van der Waals surface area contributed by atoms with Crippen molar-refractivity contribution in [2.24, 2.45) is 0 Å². The van der Waals surface area contributed by atoms with E-state index in [2.05, 4.69) is 11.0 Å². The van der Waals surface area contributed by atoms with Crippen LogP contribution in [-0.4, -0.2) is 5.91 Å². The standard InChI is InChI=1S/C13H15NO/c1-11(2)8-9-13(15)14-10-12-6-4-3-5-7-12/h3-7,9H,10H2,1-2H3,(H,14,15). The van der Waals surface area contributed by atoms with Gasteiger partial charge in [-0.2, -0.15) is 0 Å². The van der Waals surface area contributed by atoms with Crippen LogP contribution in [0.1, 0.15) is 19.4 Å². The molecule has 0 saturated heterocycles. The number of nitrogens with one attached hydrogen (secondary N) is 1. The van der Waals surface area contributed by atoms with Gasteiger partial charge in [-0.05, 0) is 25.0 Å². The van der Waals surface area contributed by atoms with Crippen LogP contribution in [0, 0.1) is 0 Å². The molecule has 0 radical (unpaired) electrons. The van der Waals surface area contributed by atoms with E-state index in [1.807, 2.05) is 44.2 Å². The maximum atomic E-state index is 11.3. The summed E-state index contributed by atoms with van der Waals surface area (Å²) in [5.74, 6) is -0.111. The summed E-state index contributed by atoms with van der Waals surface area (Å²) in [4.78, 5) is 11.3. The Kier molecular flexibility index (Phi) is 4.39. The van der Waals surface area contributed by atoms with E-state index in [4.69, 9.17) is 0 Å². The summed E-state index contributed by atoms with van der Waals surface area (Å²) in [7, 11) is 0. The molecule has 2 nitrogen and oxygen atoms in total. The van der Waals surface area contributed by atoms with Crippen molar-refractivity contribution in [1.82, 2.24) is 5.32 Å². The fourth-order valence-corrected chi connectivity index (χ4v) is 1.05. The lowest BCUT2D eigenvalue weighted by molar-refractivity contribution is -0.116.